The summed E-state index contributed by atoms with van der Waals surface area (Å²) in [4.78, 5) is 26.8. The molecule has 3 heterocycles. The highest BCUT2D eigenvalue weighted by Gasteiger charge is 2.16. The van der Waals surface area contributed by atoms with Gasteiger partial charge in [-0.2, -0.15) is 4.98 Å². The smallest absolute Gasteiger partial charge is 0.264 e. The van der Waals surface area contributed by atoms with E-state index in [1.807, 2.05) is 26.0 Å². The van der Waals surface area contributed by atoms with Gasteiger partial charge in [0.25, 0.3) is 5.56 Å². The maximum atomic E-state index is 12.7. The number of nitrogens with zero attached hydrogens (tertiary/aromatic N) is 4. The number of aryl methyl sites for hydroxylation is 2. The third-order valence-corrected chi connectivity index (χ3v) is 5.28. The number of hydrogen-bond acceptors (Lipinski definition) is 5. The van der Waals surface area contributed by atoms with Gasteiger partial charge in [-0.1, -0.05) is 29.9 Å². The second-order valence-corrected chi connectivity index (χ2v) is 7.23. The quantitative estimate of drug-likeness (QED) is 0.703. The molecule has 0 radical (unpaired) electrons. The molecular weight excluding hydrogens is 346 g/mol. The van der Waals surface area contributed by atoms with Gasteiger partial charge < -0.3 is 4.90 Å². The van der Waals surface area contributed by atoms with Crippen molar-refractivity contribution in [1.82, 2.24) is 19.5 Å². The van der Waals surface area contributed by atoms with E-state index in [9.17, 15) is 4.79 Å². The molecule has 4 rings (SSSR count). The lowest BCUT2D eigenvalue weighted by atomic mass is 10.1. The molecule has 0 spiro atoms. The fraction of sp³-hybridized carbons (Fsp3) is 0.368. The number of hydrogen-bond donors (Lipinski definition) is 1. The Kier molecular flexibility index (Phi) is 4.32. The number of aromatic amines is 1. The third kappa shape index (κ3) is 2.92. The van der Waals surface area contributed by atoms with Crippen LogP contribution in [-0.2, 0) is 0 Å². The molecule has 1 saturated heterocycles. The standard InChI is InChI=1S/C19H21N5OS/c1-12-6-7-14(13(2)10-12)24-11-20-16-15(18(24)26)17(25)22-19(21-16)23-8-4-3-5-9-23/h6-7,10-11H,3-5,8-9H2,1-2H3,(H,21,22,25). The van der Waals surface area contributed by atoms with E-state index >= 15 is 0 Å². The van der Waals surface area contributed by atoms with Gasteiger partial charge in [-0.3, -0.25) is 14.3 Å². The summed E-state index contributed by atoms with van der Waals surface area (Å²) in [5, 5.41) is 0.364. The molecule has 6 nitrogen and oxygen atoms in total. The van der Waals surface area contributed by atoms with E-state index in [1.54, 1.807) is 10.9 Å². The van der Waals surface area contributed by atoms with Crippen molar-refractivity contribution in [3.63, 3.8) is 0 Å². The molecule has 26 heavy (non-hydrogen) atoms. The zero-order valence-corrected chi connectivity index (χ0v) is 15.8. The molecule has 1 aromatic carbocycles. The predicted octanol–water partition coefficient (Wildman–Crippen LogP) is 3.45. The first-order valence-electron chi connectivity index (χ1n) is 8.89. The summed E-state index contributed by atoms with van der Waals surface area (Å²) in [6, 6.07) is 6.11. The lowest BCUT2D eigenvalue weighted by Gasteiger charge is -2.26. The Labute approximate surface area is 156 Å². The Bertz CT molecular complexity index is 1100. The molecule has 0 aliphatic carbocycles. The van der Waals surface area contributed by atoms with Gasteiger partial charge in [0.2, 0.25) is 5.95 Å². The zero-order valence-electron chi connectivity index (χ0n) is 15.0. The zero-order chi connectivity index (χ0) is 18.3. The van der Waals surface area contributed by atoms with Crippen LogP contribution in [0.5, 0.6) is 0 Å². The van der Waals surface area contributed by atoms with Crippen molar-refractivity contribution in [2.24, 2.45) is 0 Å². The number of fused-ring (bicyclic) bond motifs is 1. The third-order valence-electron chi connectivity index (χ3n) is 4.88. The van der Waals surface area contributed by atoms with Gasteiger partial charge in [0.1, 0.15) is 16.4 Å². The fourth-order valence-electron chi connectivity index (χ4n) is 3.52. The van der Waals surface area contributed by atoms with Crippen LogP contribution in [-0.4, -0.2) is 32.6 Å². The number of H-pyrrole nitrogens is 1. The normalized spacial score (nSPS) is 14.8. The van der Waals surface area contributed by atoms with Gasteiger partial charge >= 0.3 is 0 Å². The molecule has 0 saturated carbocycles. The van der Waals surface area contributed by atoms with E-state index < -0.39 is 0 Å². The summed E-state index contributed by atoms with van der Waals surface area (Å²) in [5.41, 5.74) is 3.36. The highest BCUT2D eigenvalue weighted by molar-refractivity contribution is 7.71. The maximum Gasteiger partial charge on any atom is 0.264 e. The van der Waals surface area contributed by atoms with E-state index in [4.69, 9.17) is 12.2 Å². The lowest BCUT2D eigenvalue weighted by molar-refractivity contribution is 0.568. The first-order valence-corrected chi connectivity index (χ1v) is 9.30. The maximum absolute atomic E-state index is 12.7. The SMILES string of the molecule is Cc1ccc(-n2cnc3nc(N4CCCCC4)[nH]c(=O)c3c2=S)c(C)c1. The minimum absolute atomic E-state index is 0.229. The van der Waals surface area contributed by atoms with Crippen LogP contribution in [0.1, 0.15) is 30.4 Å². The number of nitrogens with one attached hydrogen (secondary N) is 1. The Balaban J connectivity index is 1.87. The average Bonchev–Trinajstić information content (AvgIpc) is 2.63. The molecule has 1 fully saturated rings. The fourth-order valence-corrected chi connectivity index (χ4v) is 3.85. The van der Waals surface area contributed by atoms with Crippen molar-refractivity contribution in [3.8, 4) is 5.69 Å². The Morgan fingerprint density at radius 3 is 2.65 bits per heavy atom. The second-order valence-electron chi connectivity index (χ2n) is 6.85. The molecule has 0 amide bonds. The topological polar surface area (TPSA) is 66.8 Å². The van der Waals surface area contributed by atoms with Gasteiger partial charge in [-0.15, -0.1) is 0 Å². The molecular formula is C19H21N5OS. The molecule has 0 unspecified atom stereocenters. The molecule has 1 aliphatic heterocycles. The van der Waals surface area contributed by atoms with Gasteiger partial charge in [-0.25, -0.2) is 4.98 Å². The van der Waals surface area contributed by atoms with Gasteiger partial charge in [-0.05, 0) is 44.7 Å². The Morgan fingerprint density at radius 2 is 1.92 bits per heavy atom. The van der Waals surface area contributed by atoms with Crippen molar-refractivity contribution >= 4 is 29.2 Å². The first kappa shape index (κ1) is 16.9. The molecule has 1 N–H and O–H groups in total. The van der Waals surface area contributed by atoms with E-state index in [-0.39, 0.29) is 5.56 Å². The minimum Gasteiger partial charge on any atom is -0.342 e. The van der Waals surface area contributed by atoms with E-state index in [0.29, 0.717) is 21.6 Å². The minimum atomic E-state index is -0.229. The van der Waals surface area contributed by atoms with E-state index in [0.717, 1.165) is 37.2 Å². The van der Waals surface area contributed by atoms with Crippen molar-refractivity contribution in [2.75, 3.05) is 18.0 Å². The average molecular weight is 367 g/mol. The van der Waals surface area contributed by atoms with Crippen LogP contribution in [0.3, 0.4) is 0 Å². The highest BCUT2D eigenvalue weighted by atomic mass is 32.1. The van der Waals surface area contributed by atoms with Gasteiger partial charge in [0, 0.05) is 13.1 Å². The number of anilines is 1. The van der Waals surface area contributed by atoms with Crippen molar-refractivity contribution in [1.29, 1.82) is 0 Å². The van der Waals surface area contributed by atoms with Crippen LogP contribution < -0.4 is 10.5 Å². The summed E-state index contributed by atoms with van der Waals surface area (Å²) in [5.74, 6) is 0.591. The highest BCUT2D eigenvalue weighted by Crippen LogP contribution is 2.20. The molecule has 2 aromatic heterocycles. The van der Waals surface area contributed by atoms with Crippen LogP contribution in [0.2, 0.25) is 0 Å². The van der Waals surface area contributed by atoms with Crippen molar-refractivity contribution in [3.05, 3.63) is 50.6 Å². The molecule has 3 aromatic rings. The van der Waals surface area contributed by atoms with E-state index in [2.05, 4.69) is 25.9 Å². The largest absolute Gasteiger partial charge is 0.342 e. The van der Waals surface area contributed by atoms with Crippen molar-refractivity contribution < 1.29 is 0 Å². The number of rotatable bonds is 2. The number of benzene rings is 1. The summed E-state index contributed by atoms with van der Waals surface area (Å²) >= 11 is 5.60. The number of aromatic nitrogens is 4. The summed E-state index contributed by atoms with van der Waals surface area (Å²) < 4.78 is 2.21. The van der Waals surface area contributed by atoms with Crippen LogP contribution in [0.4, 0.5) is 5.95 Å². The molecule has 7 heteroatoms. The Morgan fingerprint density at radius 1 is 1.15 bits per heavy atom. The van der Waals surface area contributed by atoms with Crippen LogP contribution >= 0.6 is 12.2 Å². The molecule has 1 aliphatic rings. The van der Waals surface area contributed by atoms with Crippen LogP contribution in [0, 0.1) is 18.5 Å². The second kappa shape index (κ2) is 6.64. The van der Waals surface area contributed by atoms with Crippen LogP contribution in [0.15, 0.2) is 29.3 Å². The monoisotopic (exact) mass is 367 g/mol. The molecule has 134 valence electrons. The van der Waals surface area contributed by atoms with Crippen molar-refractivity contribution in [2.45, 2.75) is 33.1 Å². The number of piperidine rings is 1. The summed E-state index contributed by atoms with van der Waals surface area (Å²) in [6.07, 6.45) is 5.11. The summed E-state index contributed by atoms with van der Waals surface area (Å²) in [7, 11) is 0. The summed E-state index contributed by atoms with van der Waals surface area (Å²) in [6.45, 7) is 5.89. The predicted molar refractivity (Wildman–Crippen MR) is 106 cm³/mol. The lowest BCUT2D eigenvalue weighted by Crippen LogP contribution is -2.32. The van der Waals surface area contributed by atoms with Gasteiger partial charge in [0.05, 0.1) is 5.69 Å². The van der Waals surface area contributed by atoms with Gasteiger partial charge in [0.15, 0.2) is 5.65 Å². The molecule has 0 bridgehead atoms. The van der Waals surface area contributed by atoms with E-state index in [1.165, 1.54) is 12.0 Å². The van der Waals surface area contributed by atoms with Crippen LogP contribution in [0.25, 0.3) is 16.7 Å². The Hall–Kier alpha value is -2.54. The molecule has 0 atom stereocenters. The first-order chi connectivity index (χ1) is 12.5.